The van der Waals surface area contributed by atoms with Crippen LogP contribution in [-0.2, 0) is 15.7 Å². The van der Waals surface area contributed by atoms with Gasteiger partial charge < -0.3 is 10.1 Å². The van der Waals surface area contributed by atoms with E-state index in [0.29, 0.717) is 0 Å². The Kier molecular flexibility index (Phi) is 4.79. The second-order valence-electron chi connectivity index (χ2n) is 5.84. The zero-order valence-electron chi connectivity index (χ0n) is 14.6. The first-order valence-corrected chi connectivity index (χ1v) is 8.06. The third kappa shape index (κ3) is 3.40. The Labute approximate surface area is 156 Å². The van der Waals surface area contributed by atoms with Crippen molar-refractivity contribution in [3.8, 4) is 0 Å². The van der Waals surface area contributed by atoms with E-state index in [9.17, 15) is 28.1 Å². The van der Waals surface area contributed by atoms with Crippen molar-refractivity contribution in [2.24, 2.45) is 0 Å². The number of carbonyl (C=O) groups is 1. The quantitative estimate of drug-likeness (QED) is 0.479. The van der Waals surface area contributed by atoms with Crippen molar-refractivity contribution >= 4 is 17.6 Å². The summed E-state index contributed by atoms with van der Waals surface area (Å²) >= 11 is 0. The summed E-state index contributed by atoms with van der Waals surface area (Å²) in [6, 6.07) is 4.04. The molecule has 1 aliphatic heterocycles. The molecule has 28 heavy (non-hydrogen) atoms. The van der Waals surface area contributed by atoms with Gasteiger partial charge in [0.25, 0.3) is 11.5 Å². The molecule has 1 atom stereocenters. The molecule has 0 radical (unpaired) electrons. The molecule has 0 bridgehead atoms. The van der Waals surface area contributed by atoms with E-state index in [4.69, 9.17) is 4.74 Å². The number of halogens is 3. The summed E-state index contributed by atoms with van der Waals surface area (Å²) in [5.41, 5.74) is 0.102. The summed E-state index contributed by atoms with van der Waals surface area (Å²) in [6.07, 6.45) is -4.81. The number of benzene rings is 1. The van der Waals surface area contributed by atoms with Crippen LogP contribution < -0.4 is 5.32 Å². The van der Waals surface area contributed by atoms with Crippen LogP contribution in [0.25, 0.3) is 0 Å². The molecular formula is C16H14F3N5O4. The number of alkyl halides is 3. The van der Waals surface area contributed by atoms with Gasteiger partial charge in [-0.3, -0.25) is 10.1 Å². The number of aromatic nitrogens is 3. The number of non-ortho nitro benzene ring substituents is 1. The molecular weight excluding hydrogens is 383 g/mol. The lowest BCUT2D eigenvalue weighted by atomic mass is 9.95. The Morgan fingerprint density at radius 2 is 2.14 bits per heavy atom. The first kappa shape index (κ1) is 19.3. The maximum absolute atomic E-state index is 13.1. The molecule has 0 fully saturated rings. The lowest BCUT2D eigenvalue weighted by molar-refractivity contribution is -0.384. The van der Waals surface area contributed by atoms with Crippen LogP contribution in [0.15, 0.2) is 35.5 Å². The van der Waals surface area contributed by atoms with Gasteiger partial charge >= 0.3 is 12.1 Å². The number of fused-ring (bicyclic) bond motifs is 1. The third-order valence-electron chi connectivity index (χ3n) is 4.00. The number of rotatable bonds is 4. The summed E-state index contributed by atoms with van der Waals surface area (Å²) in [5, 5.41) is 17.2. The number of hydrogen-bond acceptors (Lipinski definition) is 7. The lowest BCUT2D eigenvalue weighted by Crippen LogP contribution is -2.29. The first-order valence-electron chi connectivity index (χ1n) is 8.06. The van der Waals surface area contributed by atoms with E-state index in [1.54, 1.807) is 6.92 Å². The van der Waals surface area contributed by atoms with E-state index in [-0.39, 0.29) is 35.1 Å². The molecule has 1 aromatic carbocycles. The highest BCUT2D eigenvalue weighted by atomic mass is 19.4. The number of nitrogens with zero attached hydrogens (tertiary/aromatic N) is 4. The molecule has 0 unspecified atom stereocenters. The van der Waals surface area contributed by atoms with Crippen molar-refractivity contribution in [1.82, 2.24) is 14.8 Å². The molecule has 0 amide bonds. The maximum atomic E-state index is 13.1. The van der Waals surface area contributed by atoms with Gasteiger partial charge in [-0.2, -0.15) is 18.2 Å². The summed E-state index contributed by atoms with van der Waals surface area (Å²) in [7, 11) is 0. The molecule has 3 rings (SSSR count). The Hall–Kier alpha value is -3.44. The molecule has 2 aromatic rings. The van der Waals surface area contributed by atoms with Crippen molar-refractivity contribution in [2.75, 3.05) is 11.9 Å². The fraction of sp³-hybridized carbons (Fsp3) is 0.312. The summed E-state index contributed by atoms with van der Waals surface area (Å²) in [4.78, 5) is 26.4. The van der Waals surface area contributed by atoms with Gasteiger partial charge in [-0.05, 0) is 19.4 Å². The number of carbonyl (C=O) groups excluding carboxylic acids is 1. The summed E-state index contributed by atoms with van der Waals surface area (Å²) < 4.78 is 45.2. The molecule has 0 saturated heterocycles. The van der Waals surface area contributed by atoms with Crippen LogP contribution in [0.3, 0.4) is 0 Å². The van der Waals surface area contributed by atoms with Crippen LogP contribution in [0.1, 0.15) is 31.3 Å². The highest BCUT2D eigenvalue weighted by Gasteiger charge is 2.41. The molecule has 12 heteroatoms. The molecule has 9 nitrogen and oxygen atoms in total. The largest absolute Gasteiger partial charge is 0.463 e. The van der Waals surface area contributed by atoms with E-state index >= 15 is 0 Å². The standard InChI is InChI=1S/C16H14F3N5O4/c1-3-28-13(25)11-8(2)20-15-21-14(16(17,18)19)22-23(15)12(11)9-5-4-6-10(7-9)24(26)27/h4-7,12H,3H2,1-2H3,(H,20,21,22)/t12-/m0/s1. The number of nitro groups is 1. The number of hydrogen-bond donors (Lipinski definition) is 1. The van der Waals surface area contributed by atoms with Gasteiger partial charge in [0.2, 0.25) is 5.95 Å². The average Bonchev–Trinajstić information content (AvgIpc) is 3.04. The lowest BCUT2D eigenvalue weighted by Gasteiger charge is -2.27. The van der Waals surface area contributed by atoms with Crippen molar-refractivity contribution in [2.45, 2.75) is 26.1 Å². The van der Waals surface area contributed by atoms with Gasteiger partial charge in [0.05, 0.1) is 17.1 Å². The number of ether oxygens (including phenoxy) is 1. The van der Waals surface area contributed by atoms with Crippen molar-refractivity contribution in [3.05, 3.63) is 57.0 Å². The summed E-state index contributed by atoms with van der Waals surface area (Å²) in [5.74, 6) is -2.42. The van der Waals surface area contributed by atoms with Crippen molar-refractivity contribution in [1.29, 1.82) is 0 Å². The fourth-order valence-electron chi connectivity index (χ4n) is 2.86. The number of nitro benzene ring substituents is 1. The van der Waals surface area contributed by atoms with E-state index in [1.165, 1.54) is 31.2 Å². The second kappa shape index (κ2) is 6.94. The molecule has 0 aliphatic carbocycles. The van der Waals surface area contributed by atoms with Crippen LogP contribution >= 0.6 is 0 Å². The van der Waals surface area contributed by atoms with Crippen LogP contribution in [0, 0.1) is 10.1 Å². The zero-order chi connectivity index (χ0) is 20.6. The SMILES string of the molecule is CCOC(=O)C1=C(C)Nc2nc(C(F)(F)F)nn2[C@H]1c1cccc([N+](=O)[O-])c1. The second-order valence-corrected chi connectivity index (χ2v) is 5.84. The van der Waals surface area contributed by atoms with Gasteiger partial charge in [-0.25, -0.2) is 9.48 Å². The van der Waals surface area contributed by atoms with Gasteiger partial charge in [0, 0.05) is 17.8 Å². The van der Waals surface area contributed by atoms with Gasteiger partial charge in [-0.1, -0.05) is 12.1 Å². The highest BCUT2D eigenvalue weighted by molar-refractivity contribution is 5.92. The minimum absolute atomic E-state index is 0.0199. The molecule has 1 aliphatic rings. The Morgan fingerprint density at radius 3 is 2.75 bits per heavy atom. The Morgan fingerprint density at radius 1 is 1.43 bits per heavy atom. The molecule has 0 spiro atoms. The maximum Gasteiger partial charge on any atom is 0.453 e. The molecule has 2 heterocycles. The molecule has 1 N–H and O–H groups in total. The fourth-order valence-corrected chi connectivity index (χ4v) is 2.86. The highest BCUT2D eigenvalue weighted by Crippen LogP contribution is 2.38. The zero-order valence-corrected chi connectivity index (χ0v) is 14.6. The topological polar surface area (TPSA) is 112 Å². The molecule has 1 aromatic heterocycles. The number of anilines is 1. The van der Waals surface area contributed by atoms with Crippen molar-refractivity contribution in [3.63, 3.8) is 0 Å². The monoisotopic (exact) mass is 397 g/mol. The van der Waals surface area contributed by atoms with Crippen LogP contribution in [0.5, 0.6) is 0 Å². The number of allylic oxidation sites excluding steroid dienone is 1. The number of esters is 1. The minimum atomic E-state index is -4.81. The minimum Gasteiger partial charge on any atom is -0.463 e. The van der Waals surface area contributed by atoms with E-state index in [0.717, 1.165) is 4.68 Å². The normalized spacial score (nSPS) is 16.4. The van der Waals surface area contributed by atoms with Crippen LogP contribution in [0.4, 0.5) is 24.8 Å². The number of nitrogens with one attached hydrogen (secondary N) is 1. The molecule has 0 saturated carbocycles. The van der Waals surface area contributed by atoms with Gasteiger partial charge in [0.1, 0.15) is 6.04 Å². The average molecular weight is 397 g/mol. The summed E-state index contributed by atoms with van der Waals surface area (Å²) in [6.45, 7) is 3.09. The van der Waals surface area contributed by atoms with Gasteiger partial charge in [-0.15, -0.1) is 5.10 Å². The Bertz CT molecular complexity index is 983. The van der Waals surface area contributed by atoms with E-state index in [1.807, 2.05) is 0 Å². The van der Waals surface area contributed by atoms with Crippen LogP contribution in [-0.4, -0.2) is 32.3 Å². The smallest absolute Gasteiger partial charge is 0.453 e. The molecule has 148 valence electrons. The van der Waals surface area contributed by atoms with Crippen molar-refractivity contribution < 1.29 is 27.6 Å². The van der Waals surface area contributed by atoms with Crippen LogP contribution in [0.2, 0.25) is 0 Å². The predicted molar refractivity (Wildman–Crippen MR) is 89.2 cm³/mol. The predicted octanol–water partition coefficient (Wildman–Crippen LogP) is 3.06. The Balaban J connectivity index is 2.21. The first-order chi connectivity index (χ1) is 13.1. The third-order valence-corrected chi connectivity index (χ3v) is 4.00. The van der Waals surface area contributed by atoms with E-state index < -0.39 is 28.9 Å². The van der Waals surface area contributed by atoms with Gasteiger partial charge in [0.15, 0.2) is 0 Å². The van der Waals surface area contributed by atoms with E-state index in [2.05, 4.69) is 15.4 Å².